The highest BCUT2D eigenvalue weighted by Gasteiger charge is 2.42. The van der Waals surface area contributed by atoms with E-state index in [0.29, 0.717) is 30.7 Å². The van der Waals surface area contributed by atoms with Crippen LogP contribution in [0.4, 0.5) is 0 Å². The molecule has 1 aromatic carbocycles. The van der Waals surface area contributed by atoms with Crippen LogP contribution in [0.2, 0.25) is 0 Å². The van der Waals surface area contributed by atoms with E-state index in [1.807, 2.05) is 19.1 Å². The molecule has 1 saturated heterocycles. The van der Waals surface area contributed by atoms with Crippen molar-refractivity contribution in [2.75, 3.05) is 13.1 Å². The molecule has 2 fully saturated rings. The Morgan fingerprint density at radius 1 is 1.29 bits per heavy atom. The van der Waals surface area contributed by atoms with Crippen LogP contribution in [0.1, 0.15) is 60.9 Å². The molecule has 150 valence electrons. The zero-order valence-corrected chi connectivity index (χ0v) is 16.3. The summed E-state index contributed by atoms with van der Waals surface area (Å²) in [5, 5.41) is 6.00. The van der Waals surface area contributed by atoms with Crippen molar-refractivity contribution in [1.82, 2.24) is 15.5 Å². The zero-order chi connectivity index (χ0) is 19.7. The largest absolute Gasteiger partial charge is 0.467 e. The summed E-state index contributed by atoms with van der Waals surface area (Å²) < 4.78 is 6.16. The van der Waals surface area contributed by atoms with E-state index in [1.165, 1.54) is 0 Å². The number of ether oxygens (including phenoxy) is 1. The zero-order valence-electron chi connectivity index (χ0n) is 16.3. The molecule has 1 aromatic rings. The molecule has 3 aliphatic rings. The molecule has 0 aromatic heterocycles. The number of hydrogen-bond donors (Lipinski definition) is 2. The maximum atomic E-state index is 12.6. The molecule has 7 nitrogen and oxygen atoms in total. The predicted molar refractivity (Wildman–Crippen MR) is 103 cm³/mol. The fraction of sp³-hybridized carbons (Fsp3) is 0.571. The Bertz CT molecular complexity index is 803. The fourth-order valence-corrected chi connectivity index (χ4v) is 4.36. The normalized spacial score (nSPS) is 25.1. The number of nitrogens with zero attached hydrogens (tertiary/aromatic N) is 1. The highest BCUT2D eigenvalue weighted by atomic mass is 16.5. The monoisotopic (exact) mass is 385 g/mol. The van der Waals surface area contributed by atoms with E-state index in [1.54, 1.807) is 11.0 Å². The lowest BCUT2D eigenvalue weighted by molar-refractivity contribution is -0.135. The quantitative estimate of drug-likeness (QED) is 0.832. The van der Waals surface area contributed by atoms with Crippen molar-refractivity contribution >= 4 is 17.7 Å². The molecule has 1 atom stereocenters. The standard InChI is InChI=1S/C21H27N3O4/c1-14-6-7-17-16(12-14)20(27)23-21(28-17)9-8-19(26)24(11-10-21)13-18(25)22-15-4-2-3-5-15/h6-7,12,15H,2-5,8-11,13H2,1H3,(H,22,25)(H,23,27)/t21-/m1/s1. The van der Waals surface area contributed by atoms with Crippen molar-refractivity contribution in [3.63, 3.8) is 0 Å². The van der Waals surface area contributed by atoms with Gasteiger partial charge in [0, 0.05) is 31.8 Å². The third-order valence-electron chi connectivity index (χ3n) is 5.96. The molecule has 2 heterocycles. The minimum atomic E-state index is -0.897. The van der Waals surface area contributed by atoms with Crippen LogP contribution in [0.25, 0.3) is 0 Å². The number of likely N-dealkylation sites (tertiary alicyclic amines) is 1. The second-order valence-electron chi connectivity index (χ2n) is 8.16. The molecular formula is C21H27N3O4. The second kappa shape index (κ2) is 7.45. The number of fused-ring (bicyclic) bond motifs is 1. The highest BCUT2D eigenvalue weighted by Crippen LogP contribution is 2.34. The van der Waals surface area contributed by atoms with Crippen LogP contribution in [-0.2, 0) is 9.59 Å². The third-order valence-corrected chi connectivity index (χ3v) is 5.96. The lowest BCUT2D eigenvalue weighted by atomic mass is 9.99. The number of carbonyl (C=O) groups is 3. The minimum Gasteiger partial charge on any atom is -0.467 e. The number of rotatable bonds is 3. The number of aryl methyl sites for hydroxylation is 1. The molecule has 4 rings (SSSR count). The molecule has 0 unspecified atom stereocenters. The summed E-state index contributed by atoms with van der Waals surface area (Å²) in [7, 11) is 0. The van der Waals surface area contributed by atoms with Gasteiger partial charge in [0.25, 0.3) is 5.91 Å². The Labute approximate surface area is 164 Å². The molecule has 3 amide bonds. The van der Waals surface area contributed by atoms with Gasteiger partial charge in [0.2, 0.25) is 11.8 Å². The van der Waals surface area contributed by atoms with Crippen molar-refractivity contribution < 1.29 is 19.1 Å². The Morgan fingerprint density at radius 3 is 2.86 bits per heavy atom. The van der Waals surface area contributed by atoms with E-state index in [4.69, 9.17) is 4.74 Å². The van der Waals surface area contributed by atoms with Crippen molar-refractivity contribution in [2.24, 2.45) is 0 Å². The molecule has 2 N–H and O–H groups in total. The summed E-state index contributed by atoms with van der Waals surface area (Å²) in [6.07, 6.45) is 5.41. The summed E-state index contributed by atoms with van der Waals surface area (Å²) in [5.74, 6) is 0.190. The number of amides is 3. The molecule has 1 aliphatic carbocycles. The van der Waals surface area contributed by atoms with Crippen LogP contribution in [0.5, 0.6) is 5.75 Å². The Hall–Kier alpha value is -2.57. The molecule has 0 bridgehead atoms. The van der Waals surface area contributed by atoms with Gasteiger partial charge in [0.05, 0.1) is 12.1 Å². The summed E-state index contributed by atoms with van der Waals surface area (Å²) >= 11 is 0. The lowest BCUT2D eigenvalue weighted by Crippen LogP contribution is -2.56. The molecule has 2 aliphatic heterocycles. The van der Waals surface area contributed by atoms with Gasteiger partial charge in [-0.1, -0.05) is 24.5 Å². The summed E-state index contributed by atoms with van der Waals surface area (Å²) in [5.41, 5.74) is 0.615. The molecule has 1 spiro atoms. The van der Waals surface area contributed by atoms with Gasteiger partial charge < -0.3 is 20.3 Å². The van der Waals surface area contributed by atoms with E-state index in [2.05, 4.69) is 10.6 Å². The van der Waals surface area contributed by atoms with E-state index in [0.717, 1.165) is 31.2 Å². The summed E-state index contributed by atoms with van der Waals surface area (Å²) in [6, 6.07) is 5.76. The lowest BCUT2D eigenvalue weighted by Gasteiger charge is -2.38. The van der Waals surface area contributed by atoms with Crippen LogP contribution in [-0.4, -0.2) is 47.5 Å². The maximum Gasteiger partial charge on any atom is 0.258 e. The number of nitrogens with one attached hydrogen (secondary N) is 2. The molecule has 7 heteroatoms. The van der Waals surface area contributed by atoms with Gasteiger partial charge in [-0.2, -0.15) is 0 Å². The summed E-state index contributed by atoms with van der Waals surface area (Å²) in [6.45, 7) is 2.37. The number of benzene rings is 1. The van der Waals surface area contributed by atoms with E-state index in [-0.39, 0.29) is 36.7 Å². The first-order valence-corrected chi connectivity index (χ1v) is 10.1. The average Bonchev–Trinajstić information content (AvgIpc) is 3.12. The van der Waals surface area contributed by atoms with Crippen molar-refractivity contribution in [1.29, 1.82) is 0 Å². The Morgan fingerprint density at radius 2 is 2.07 bits per heavy atom. The van der Waals surface area contributed by atoms with Gasteiger partial charge in [-0.3, -0.25) is 14.4 Å². The first-order valence-electron chi connectivity index (χ1n) is 10.1. The van der Waals surface area contributed by atoms with E-state index >= 15 is 0 Å². The molecular weight excluding hydrogens is 358 g/mol. The van der Waals surface area contributed by atoms with Gasteiger partial charge in [-0.15, -0.1) is 0 Å². The first-order chi connectivity index (χ1) is 13.4. The summed E-state index contributed by atoms with van der Waals surface area (Å²) in [4.78, 5) is 39.1. The third kappa shape index (κ3) is 3.84. The second-order valence-corrected chi connectivity index (χ2v) is 8.16. The van der Waals surface area contributed by atoms with Gasteiger partial charge in [-0.05, 0) is 31.9 Å². The van der Waals surface area contributed by atoms with E-state index in [9.17, 15) is 14.4 Å². The van der Waals surface area contributed by atoms with Gasteiger partial charge in [0.15, 0.2) is 5.72 Å². The Kier molecular flexibility index (Phi) is 5.00. The number of hydrogen-bond acceptors (Lipinski definition) is 4. The van der Waals surface area contributed by atoms with Crippen molar-refractivity contribution in [2.45, 2.75) is 63.6 Å². The van der Waals surface area contributed by atoms with Crippen molar-refractivity contribution in [3.05, 3.63) is 29.3 Å². The molecule has 1 saturated carbocycles. The van der Waals surface area contributed by atoms with Crippen LogP contribution in [0.3, 0.4) is 0 Å². The predicted octanol–water partition coefficient (Wildman–Crippen LogP) is 1.88. The number of carbonyl (C=O) groups excluding carboxylic acids is 3. The smallest absolute Gasteiger partial charge is 0.258 e. The average molecular weight is 385 g/mol. The minimum absolute atomic E-state index is 0.0646. The van der Waals surface area contributed by atoms with Crippen molar-refractivity contribution in [3.8, 4) is 5.75 Å². The van der Waals surface area contributed by atoms with Crippen LogP contribution < -0.4 is 15.4 Å². The van der Waals surface area contributed by atoms with Gasteiger partial charge in [-0.25, -0.2) is 0 Å². The van der Waals surface area contributed by atoms with Gasteiger partial charge >= 0.3 is 0 Å². The van der Waals surface area contributed by atoms with Crippen LogP contribution in [0, 0.1) is 6.92 Å². The first kappa shape index (κ1) is 18.8. The van der Waals surface area contributed by atoms with Crippen LogP contribution >= 0.6 is 0 Å². The van der Waals surface area contributed by atoms with E-state index < -0.39 is 5.72 Å². The maximum absolute atomic E-state index is 12.6. The molecule has 0 radical (unpaired) electrons. The Balaban J connectivity index is 1.42. The topological polar surface area (TPSA) is 87.7 Å². The van der Waals surface area contributed by atoms with Gasteiger partial charge in [0.1, 0.15) is 5.75 Å². The van der Waals surface area contributed by atoms with Crippen LogP contribution in [0.15, 0.2) is 18.2 Å². The fourth-order valence-electron chi connectivity index (χ4n) is 4.36. The SMILES string of the molecule is Cc1ccc2c(c1)C(=O)N[C@]1(CCC(=O)N(CC(=O)NC3CCCC3)CC1)O2. The highest BCUT2D eigenvalue weighted by molar-refractivity contribution is 5.98. The molecule has 28 heavy (non-hydrogen) atoms.